The highest BCUT2D eigenvalue weighted by atomic mass is 79.9. The van der Waals surface area contributed by atoms with Crippen molar-refractivity contribution in [1.82, 2.24) is 5.32 Å². The molecule has 4 N–H and O–H groups in total. The molecule has 0 saturated heterocycles. The molecule has 5 nitrogen and oxygen atoms in total. The third-order valence-corrected chi connectivity index (χ3v) is 3.20. The fraction of sp³-hybridized carbons (Fsp3) is 0.0714. The quantitative estimate of drug-likeness (QED) is 0.692. The van der Waals surface area contributed by atoms with Crippen LogP contribution in [0, 0.1) is 0 Å². The lowest BCUT2D eigenvalue weighted by atomic mass is 10.1. The van der Waals surface area contributed by atoms with Crippen molar-refractivity contribution in [1.29, 1.82) is 0 Å². The van der Waals surface area contributed by atoms with E-state index in [0.29, 0.717) is 0 Å². The third kappa shape index (κ3) is 3.21. The van der Waals surface area contributed by atoms with Gasteiger partial charge in [0.25, 0.3) is 5.91 Å². The van der Waals surface area contributed by atoms with Crippen LogP contribution >= 0.6 is 15.9 Å². The molecule has 0 aliphatic heterocycles. The number of carbonyl (C=O) groups excluding carboxylic acids is 1. The van der Waals surface area contributed by atoms with Gasteiger partial charge >= 0.3 is 0 Å². The molecule has 6 heteroatoms. The number of amides is 1. The molecule has 2 aromatic rings. The lowest BCUT2D eigenvalue weighted by molar-refractivity contribution is 0.0945. The van der Waals surface area contributed by atoms with Crippen LogP contribution in [0.5, 0.6) is 17.2 Å². The molecular weight excluding hydrogens is 326 g/mol. The second-order valence-corrected chi connectivity index (χ2v) is 5.08. The van der Waals surface area contributed by atoms with E-state index in [4.69, 9.17) is 0 Å². The highest BCUT2D eigenvalue weighted by molar-refractivity contribution is 9.10. The second kappa shape index (κ2) is 5.83. The first-order valence-corrected chi connectivity index (χ1v) is 6.54. The van der Waals surface area contributed by atoms with Crippen LogP contribution in [0.2, 0.25) is 0 Å². The molecule has 0 atom stereocenters. The first-order chi connectivity index (χ1) is 9.47. The van der Waals surface area contributed by atoms with E-state index in [9.17, 15) is 20.1 Å². The van der Waals surface area contributed by atoms with E-state index in [1.165, 1.54) is 0 Å². The zero-order chi connectivity index (χ0) is 14.7. The van der Waals surface area contributed by atoms with Crippen molar-refractivity contribution in [2.75, 3.05) is 0 Å². The minimum atomic E-state index is -0.622. The van der Waals surface area contributed by atoms with Gasteiger partial charge in [0.05, 0.1) is 0 Å². The lowest BCUT2D eigenvalue weighted by Crippen LogP contribution is -2.22. The van der Waals surface area contributed by atoms with Gasteiger partial charge in [-0.2, -0.15) is 0 Å². The maximum absolute atomic E-state index is 11.9. The van der Waals surface area contributed by atoms with Crippen LogP contribution in [0.15, 0.2) is 40.9 Å². The van der Waals surface area contributed by atoms with Gasteiger partial charge in [-0.05, 0) is 17.7 Å². The molecule has 20 heavy (non-hydrogen) atoms. The van der Waals surface area contributed by atoms with Crippen LogP contribution in [-0.4, -0.2) is 21.2 Å². The van der Waals surface area contributed by atoms with Gasteiger partial charge in [0.15, 0.2) is 0 Å². The van der Waals surface area contributed by atoms with Gasteiger partial charge in [0, 0.05) is 23.2 Å². The predicted molar refractivity (Wildman–Crippen MR) is 76.7 cm³/mol. The van der Waals surface area contributed by atoms with Gasteiger partial charge < -0.3 is 20.6 Å². The van der Waals surface area contributed by atoms with Crippen LogP contribution in [0.1, 0.15) is 15.9 Å². The Kier molecular flexibility index (Phi) is 4.14. The van der Waals surface area contributed by atoms with E-state index < -0.39 is 17.4 Å². The average molecular weight is 338 g/mol. The number of aromatic hydroxyl groups is 3. The van der Waals surface area contributed by atoms with Crippen LogP contribution in [0.4, 0.5) is 0 Å². The number of rotatable bonds is 3. The van der Waals surface area contributed by atoms with Gasteiger partial charge in [-0.15, -0.1) is 0 Å². The average Bonchev–Trinajstić information content (AvgIpc) is 2.37. The summed E-state index contributed by atoms with van der Waals surface area (Å²) < 4.78 is 0.932. The SMILES string of the molecule is O=C(NCc1ccc(Br)cc1)c1c(O)cc(O)cc1O. The summed E-state index contributed by atoms with van der Waals surface area (Å²) in [5.41, 5.74) is 0.610. The molecule has 104 valence electrons. The largest absolute Gasteiger partial charge is 0.508 e. The summed E-state index contributed by atoms with van der Waals surface area (Å²) in [4.78, 5) is 11.9. The number of halogens is 1. The van der Waals surface area contributed by atoms with Crippen molar-refractivity contribution < 1.29 is 20.1 Å². The van der Waals surface area contributed by atoms with Crippen molar-refractivity contribution in [3.05, 3.63) is 52.0 Å². The normalized spacial score (nSPS) is 10.2. The van der Waals surface area contributed by atoms with E-state index in [1.807, 2.05) is 24.3 Å². The highest BCUT2D eigenvalue weighted by Gasteiger charge is 2.17. The molecule has 2 aromatic carbocycles. The highest BCUT2D eigenvalue weighted by Crippen LogP contribution is 2.31. The summed E-state index contributed by atoms with van der Waals surface area (Å²) in [5, 5.41) is 30.9. The number of nitrogens with one attached hydrogen (secondary N) is 1. The third-order valence-electron chi connectivity index (χ3n) is 2.67. The number of benzene rings is 2. The lowest BCUT2D eigenvalue weighted by Gasteiger charge is -2.09. The Bertz CT molecular complexity index is 617. The zero-order valence-electron chi connectivity index (χ0n) is 10.3. The van der Waals surface area contributed by atoms with E-state index in [0.717, 1.165) is 22.2 Å². The van der Waals surface area contributed by atoms with Gasteiger partial charge in [0.2, 0.25) is 0 Å². The Morgan fingerprint density at radius 1 is 1.05 bits per heavy atom. The van der Waals surface area contributed by atoms with Crippen molar-refractivity contribution in [3.8, 4) is 17.2 Å². The van der Waals surface area contributed by atoms with Gasteiger partial charge in [0.1, 0.15) is 22.8 Å². The summed E-state index contributed by atoms with van der Waals surface area (Å²) in [5.74, 6) is -1.89. The Hall–Kier alpha value is -2.21. The van der Waals surface area contributed by atoms with E-state index in [-0.39, 0.29) is 17.9 Å². The smallest absolute Gasteiger partial charge is 0.259 e. The van der Waals surface area contributed by atoms with E-state index in [2.05, 4.69) is 21.2 Å². The van der Waals surface area contributed by atoms with Gasteiger partial charge in [-0.3, -0.25) is 4.79 Å². The molecule has 2 rings (SSSR count). The summed E-state index contributed by atoms with van der Waals surface area (Å²) >= 11 is 3.31. The monoisotopic (exact) mass is 337 g/mol. The molecule has 0 aliphatic carbocycles. The first-order valence-electron chi connectivity index (χ1n) is 5.75. The number of carbonyl (C=O) groups is 1. The number of phenolic OH excluding ortho intramolecular Hbond substituents is 3. The minimum Gasteiger partial charge on any atom is -0.508 e. The Labute approximate surface area is 123 Å². The summed E-state index contributed by atoms with van der Waals surface area (Å²) in [7, 11) is 0. The second-order valence-electron chi connectivity index (χ2n) is 4.17. The van der Waals surface area contributed by atoms with Gasteiger partial charge in [-0.1, -0.05) is 28.1 Å². The Balaban J connectivity index is 2.11. The first kappa shape index (κ1) is 14.2. The summed E-state index contributed by atoms with van der Waals surface area (Å²) in [6.45, 7) is 0.256. The Morgan fingerprint density at radius 2 is 1.60 bits per heavy atom. The molecule has 0 spiro atoms. The van der Waals surface area contributed by atoms with E-state index in [1.54, 1.807) is 0 Å². The van der Waals surface area contributed by atoms with Crippen molar-refractivity contribution in [3.63, 3.8) is 0 Å². The molecule has 0 fully saturated rings. The number of phenols is 3. The number of hydrogen-bond acceptors (Lipinski definition) is 4. The maximum Gasteiger partial charge on any atom is 0.259 e. The molecule has 0 aliphatic rings. The van der Waals surface area contributed by atoms with Crippen molar-refractivity contribution >= 4 is 21.8 Å². The molecule has 0 aromatic heterocycles. The molecule has 0 saturated carbocycles. The molecule has 1 amide bonds. The topological polar surface area (TPSA) is 89.8 Å². The maximum atomic E-state index is 11.9. The molecule has 0 radical (unpaired) electrons. The van der Waals surface area contributed by atoms with Crippen LogP contribution < -0.4 is 5.32 Å². The molecule has 0 unspecified atom stereocenters. The van der Waals surface area contributed by atoms with E-state index >= 15 is 0 Å². The summed E-state index contributed by atoms with van der Waals surface area (Å²) in [6.07, 6.45) is 0. The number of hydrogen-bond donors (Lipinski definition) is 4. The van der Waals surface area contributed by atoms with Crippen LogP contribution in [0.25, 0.3) is 0 Å². The fourth-order valence-corrected chi connectivity index (χ4v) is 1.97. The van der Waals surface area contributed by atoms with Crippen molar-refractivity contribution in [2.45, 2.75) is 6.54 Å². The van der Waals surface area contributed by atoms with Crippen LogP contribution in [-0.2, 0) is 6.54 Å². The predicted octanol–water partition coefficient (Wildman–Crippen LogP) is 2.50. The summed E-state index contributed by atoms with van der Waals surface area (Å²) in [6, 6.07) is 9.35. The fourth-order valence-electron chi connectivity index (χ4n) is 1.70. The molecule has 0 bridgehead atoms. The van der Waals surface area contributed by atoms with Crippen molar-refractivity contribution in [2.24, 2.45) is 0 Å². The van der Waals surface area contributed by atoms with Crippen LogP contribution in [0.3, 0.4) is 0 Å². The molecular formula is C14H12BrNO4. The minimum absolute atomic E-state index is 0.256. The zero-order valence-corrected chi connectivity index (χ0v) is 11.9. The Morgan fingerprint density at radius 3 is 2.15 bits per heavy atom. The van der Waals surface area contributed by atoms with Gasteiger partial charge in [-0.25, -0.2) is 0 Å². The molecule has 0 heterocycles. The standard InChI is InChI=1S/C14H12BrNO4/c15-9-3-1-8(2-4-9)7-16-14(20)13-11(18)5-10(17)6-12(13)19/h1-6,17-19H,7H2,(H,16,20).